The van der Waals surface area contributed by atoms with Crippen molar-refractivity contribution in [3.05, 3.63) is 40.9 Å². The Bertz CT molecular complexity index is 560. The maximum atomic E-state index is 12.1. The lowest BCUT2D eigenvalue weighted by Gasteiger charge is -2.09. The Labute approximate surface area is 100 Å². The van der Waals surface area contributed by atoms with Crippen LogP contribution in [0.3, 0.4) is 0 Å². The number of nitrogens with one attached hydrogen (secondary N) is 1. The van der Waals surface area contributed by atoms with Gasteiger partial charge >= 0.3 is 0 Å². The monoisotopic (exact) mass is 231 g/mol. The number of nitrogens with zero attached hydrogens (tertiary/aromatic N) is 2. The van der Waals surface area contributed by atoms with Crippen molar-refractivity contribution in [2.45, 2.75) is 26.4 Å². The first-order valence-electron chi connectivity index (χ1n) is 5.86. The van der Waals surface area contributed by atoms with E-state index in [1.54, 1.807) is 10.9 Å². The topological polar surface area (TPSA) is 46.9 Å². The number of para-hydroxylation sites is 1. The van der Waals surface area contributed by atoms with E-state index in [0.29, 0.717) is 18.0 Å². The zero-order valence-corrected chi connectivity index (χ0v) is 10.2. The summed E-state index contributed by atoms with van der Waals surface area (Å²) in [6.45, 7) is 5.59. The maximum Gasteiger partial charge on any atom is 0.261 e. The second-order valence-electron chi connectivity index (χ2n) is 4.37. The Morgan fingerprint density at radius 3 is 2.88 bits per heavy atom. The minimum absolute atomic E-state index is 0.0288. The highest BCUT2D eigenvalue weighted by Crippen LogP contribution is 2.04. The van der Waals surface area contributed by atoms with Gasteiger partial charge in [-0.05, 0) is 12.1 Å². The van der Waals surface area contributed by atoms with Gasteiger partial charge in [0.1, 0.15) is 0 Å². The van der Waals surface area contributed by atoms with E-state index < -0.39 is 0 Å². The average molecular weight is 231 g/mol. The molecule has 2 aromatic rings. The molecule has 0 aliphatic rings. The quantitative estimate of drug-likeness (QED) is 0.865. The van der Waals surface area contributed by atoms with Crippen molar-refractivity contribution in [3.63, 3.8) is 0 Å². The Balaban J connectivity index is 2.24. The van der Waals surface area contributed by atoms with E-state index in [1.807, 2.05) is 24.3 Å². The van der Waals surface area contributed by atoms with Gasteiger partial charge in [-0.1, -0.05) is 26.0 Å². The third-order valence-corrected chi connectivity index (χ3v) is 2.64. The molecule has 0 spiro atoms. The van der Waals surface area contributed by atoms with Crippen LogP contribution in [0.1, 0.15) is 13.8 Å². The molecule has 4 heteroatoms. The zero-order chi connectivity index (χ0) is 12.3. The molecule has 0 radical (unpaired) electrons. The zero-order valence-electron chi connectivity index (χ0n) is 10.2. The molecule has 0 aliphatic heterocycles. The smallest absolute Gasteiger partial charge is 0.261 e. The van der Waals surface area contributed by atoms with E-state index >= 15 is 0 Å². The molecule has 17 heavy (non-hydrogen) atoms. The van der Waals surface area contributed by atoms with Crippen molar-refractivity contribution in [2.75, 3.05) is 6.54 Å². The van der Waals surface area contributed by atoms with Gasteiger partial charge in [0.2, 0.25) is 0 Å². The van der Waals surface area contributed by atoms with Crippen LogP contribution in [0.25, 0.3) is 10.9 Å². The standard InChI is InChI=1S/C13H17N3O/c1-10(2)14-7-8-16-9-15-12-6-4-3-5-11(12)13(16)17/h3-6,9-10,14H,7-8H2,1-2H3. The molecule has 1 heterocycles. The van der Waals surface area contributed by atoms with Crippen LogP contribution in [-0.4, -0.2) is 22.1 Å². The van der Waals surface area contributed by atoms with Crippen LogP contribution >= 0.6 is 0 Å². The summed E-state index contributed by atoms with van der Waals surface area (Å²) in [5.41, 5.74) is 0.784. The number of rotatable bonds is 4. The first-order valence-corrected chi connectivity index (χ1v) is 5.86. The lowest BCUT2D eigenvalue weighted by Crippen LogP contribution is -2.30. The largest absolute Gasteiger partial charge is 0.313 e. The molecule has 0 saturated heterocycles. The van der Waals surface area contributed by atoms with Gasteiger partial charge in [-0.3, -0.25) is 9.36 Å². The van der Waals surface area contributed by atoms with Gasteiger partial charge in [0, 0.05) is 19.1 Å². The van der Waals surface area contributed by atoms with Gasteiger partial charge in [-0.2, -0.15) is 0 Å². The van der Waals surface area contributed by atoms with E-state index in [0.717, 1.165) is 12.1 Å². The fourth-order valence-electron chi connectivity index (χ4n) is 1.74. The Hall–Kier alpha value is -1.68. The molecule has 0 bridgehead atoms. The molecule has 0 fully saturated rings. The van der Waals surface area contributed by atoms with Crippen LogP contribution in [0.5, 0.6) is 0 Å². The summed E-state index contributed by atoms with van der Waals surface area (Å²) < 4.78 is 1.65. The number of hydrogen-bond donors (Lipinski definition) is 1. The summed E-state index contributed by atoms with van der Waals surface area (Å²) in [6, 6.07) is 7.85. The second kappa shape index (κ2) is 5.10. The van der Waals surface area contributed by atoms with Gasteiger partial charge < -0.3 is 5.32 Å². The van der Waals surface area contributed by atoms with Gasteiger partial charge in [0.05, 0.1) is 17.2 Å². The third-order valence-electron chi connectivity index (χ3n) is 2.64. The fraction of sp³-hybridized carbons (Fsp3) is 0.385. The van der Waals surface area contributed by atoms with Gasteiger partial charge in [-0.25, -0.2) is 4.98 Å². The van der Waals surface area contributed by atoms with Crippen molar-refractivity contribution >= 4 is 10.9 Å². The van der Waals surface area contributed by atoms with Crippen molar-refractivity contribution in [3.8, 4) is 0 Å². The number of benzene rings is 1. The highest BCUT2D eigenvalue weighted by atomic mass is 16.1. The number of hydrogen-bond acceptors (Lipinski definition) is 3. The second-order valence-corrected chi connectivity index (χ2v) is 4.37. The highest BCUT2D eigenvalue weighted by molar-refractivity contribution is 5.76. The van der Waals surface area contributed by atoms with Gasteiger partial charge in [-0.15, -0.1) is 0 Å². The SMILES string of the molecule is CC(C)NCCn1cnc2ccccc2c1=O. The Morgan fingerprint density at radius 1 is 1.35 bits per heavy atom. The molecule has 1 aromatic heterocycles. The summed E-state index contributed by atoms with van der Waals surface area (Å²) in [5.74, 6) is 0. The van der Waals surface area contributed by atoms with E-state index in [2.05, 4.69) is 24.1 Å². The Kier molecular flexibility index (Phi) is 3.54. The normalized spacial score (nSPS) is 11.2. The van der Waals surface area contributed by atoms with Crippen molar-refractivity contribution < 1.29 is 0 Å². The summed E-state index contributed by atoms with van der Waals surface area (Å²) in [6.07, 6.45) is 1.62. The summed E-state index contributed by atoms with van der Waals surface area (Å²) in [7, 11) is 0. The van der Waals surface area contributed by atoms with E-state index in [1.165, 1.54) is 0 Å². The van der Waals surface area contributed by atoms with Crippen LogP contribution < -0.4 is 10.9 Å². The van der Waals surface area contributed by atoms with Crippen LogP contribution in [0, 0.1) is 0 Å². The van der Waals surface area contributed by atoms with E-state index in [-0.39, 0.29) is 5.56 Å². The van der Waals surface area contributed by atoms with E-state index in [4.69, 9.17) is 0 Å². The maximum absolute atomic E-state index is 12.1. The molecule has 4 nitrogen and oxygen atoms in total. The number of fused-ring (bicyclic) bond motifs is 1. The van der Waals surface area contributed by atoms with Gasteiger partial charge in [0.25, 0.3) is 5.56 Å². The number of aromatic nitrogens is 2. The molecule has 1 aromatic carbocycles. The summed E-state index contributed by atoms with van der Waals surface area (Å²) >= 11 is 0. The molecule has 0 aliphatic carbocycles. The fourth-order valence-corrected chi connectivity index (χ4v) is 1.74. The average Bonchev–Trinajstić information content (AvgIpc) is 2.32. The molecular formula is C13H17N3O. The molecule has 1 N–H and O–H groups in total. The minimum atomic E-state index is 0.0288. The predicted octanol–water partition coefficient (Wildman–Crippen LogP) is 1.39. The van der Waals surface area contributed by atoms with Crippen LogP contribution in [0.15, 0.2) is 35.4 Å². The van der Waals surface area contributed by atoms with E-state index in [9.17, 15) is 4.79 Å². The molecule has 0 atom stereocenters. The minimum Gasteiger partial charge on any atom is -0.313 e. The van der Waals surface area contributed by atoms with Crippen LogP contribution in [0.4, 0.5) is 0 Å². The first kappa shape index (κ1) is 11.8. The third kappa shape index (κ3) is 2.71. The van der Waals surface area contributed by atoms with Crippen LogP contribution in [-0.2, 0) is 6.54 Å². The van der Waals surface area contributed by atoms with Crippen molar-refractivity contribution in [1.82, 2.24) is 14.9 Å². The van der Waals surface area contributed by atoms with Crippen LogP contribution in [0.2, 0.25) is 0 Å². The van der Waals surface area contributed by atoms with Crippen molar-refractivity contribution in [1.29, 1.82) is 0 Å². The van der Waals surface area contributed by atoms with Gasteiger partial charge in [0.15, 0.2) is 0 Å². The molecule has 0 unspecified atom stereocenters. The predicted molar refractivity (Wildman–Crippen MR) is 69.1 cm³/mol. The van der Waals surface area contributed by atoms with Crippen molar-refractivity contribution in [2.24, 2.45) is 0 Å². The lowest BCUT2D eigenvalue weighted by atomic mass is 10.2. The molecule has 0 amide bonds. The molecule has 2 rings (SSSR count). The first-order chi connectivity index (χ1) is 8.18. The summed E-state index contributed by atoms with van der Waals surface area (Å²) in [4.78, 5) is 16.4. The lowest BCUT2D eigenvalue weighted by molar-refractivity contribution is 0.532. The summed E-state index contributed by atoms with van der Waals surface area (Å²) in [5, 5.41) is 3.96. The Morgan fingerprint density at radius 2 is 2.12 bits per heavy atom. The molecule has 90 valence electrons. The molecular weight excluding hydrogens is 214 g/mol. The molecule has 0 saturated carbocycles. The highest BCUT2D eigenvalue weighted by Gasteiger charge is 2.02.